The van der Waals surface area contributed by atoms with E-state index in [0.717, 1.165) is 16.9 Å². The third kappa shape index (κ3) is 7.09. The van der Waals surface area contributed by atoms with Gasteiger partial charge in [-0.1, -0.05) is 35.9 Å². The minimum atomic E-state index is -1.03. The van der Waals surface area contributed by atoms with Gasteiger partial charge in [-0.15, -0.1) is 0 Å². The van der Waals surface area contributed by atoms with Gasteiger partial charge < -0.3 is 29.7 Å². The molecular formula is C24H31ClN4O5. The number of benzene rings is 2. The summed E-state index contributed by atoms with van der Waals surface area (Å²) in [5.41, 5.74) is 2.42. The highest BCUT2D eigenvalue weighted by Crippen LogP contribution is 2.29. The molecule has 1 heterocycles. The second-order valence-corrected chi connectivity index (χ2v) is 7.86. The smallest absolute Gasteiger partial charge is 0.299 e. The number of methoxy groups -OCH3 is 1. The highest BCUT2D eigenvalue weighted by Gasteiger charge is 2.24. The first-order chi connectivity index (χ1) is 16.5. The van der Waals surface area contributed by atoms with Crippen LogP contribution in [0.15, 0.2) is 48.5 Å². The van der Waals surface area contributed by atoms with E-state index in [2.05, 4.69) is 15.6 Å². The molecule has 0 aliphatic heterocycles. The Kier molecular flexibility index (Phi) is 9.99. The molecule has 0 aliphatic carbocycles. The number of aliphatic hydroxyl groups is 2. The Labute approximate surface area is 204 Å². The first kappa shape index (κ1) is 25.8. The van der Waals surface area contributed by atoms with E-state index in [9.17, 15) is 5.11 Å². The van der Waals surface area contributed by atoms with Crippen LogP contribution in [0.4, 0.5) is 5.82 Å². The van der Waals surface area contributed by atoms with E-state index in [1.54, 1.807) is 14.2 Å². The van der Waals surface area contributed by atoms with Crippen molar-refractivity contribution in [3.8, 4) is 11.8 Å². The molecule has 184 valence electrons. The van der Waals surface area contributed by atoms with Gasteiger partial charge in [0.05, 0.1) is 33.5 Å². The first-order valence-corrected chi connectivity index (χ1v) is 11.3. The van der Waals surface area contributed by atoms with Gasteiger partial charge in [-0.3, -0.25) is 9.88 Å². The zero-order valence-electron chi connectivity index (χ0n) is 19.3. The minimum absolute atomic E-state index is 0.0473. The van der Waals surface area contributed by atoms with Crippen molar-refractivity contribution in [3.05, 3.63) is 70.4 Å². The predicted molar refractivity (Wildman–Crippen MR) is 131 cm³/mol. The Morgan fingerprint density at radius 1 is 1.12 bits per heavy atom. The lowest BCUT2D eigenvalue weighted by Gasteiger charge is -2.18. The van der Waals surface area contributed by atoms with E-state index < -0.39 is 6.23 Å². The highest BCUT2D eigenvalue weighted by atomic mass is 35.5. The SMILES string of the molecule is CNc1nc(OCc2cccc(OC)c2)n(Cc2ccc(Cl)cc2)c1C(O)NCCOCCO. The van der Waals surface area contributed by atoms with Gasteiger partial charge in [-0.25, -0.2) is 0 Å². The van der Waals surface area contributed by atoms with Gasteiger partial charge in [-0.2, -0.15) is 4.98 Å². The van der Waals surface area contributed by atoms with Gasteiger partial charge in [0.25, 0.3) is 6.01 Å². The number of ether oxygens (including phenoxy) is 3. The van der Waals surface area contributed by atoms with Crippen molar-refractivity contribution in [2.24, 2.45) is 0 Å². The molecule has 1 atom stereocenters. The molecule has 0 aliphatic rings. The van der Waals surface area contributed by atoms with Crippen LogP contribution in [-0.4, -0.2) is 60.3 Å². The van der Waals surface area contributed by atoms with Crippen LogP contribution in [0.2, 0.25) is 5.02 Å². The number of nitrogens with one attached hydrogen (secondary N) is 2. The van der Waals surface area contributed by atoms with Crippen molar-refractivity contribution in [3.63, 3.8) is 0 Å². The molecule has 0 bridgehead atoms. The lowest BCUT2D eigenvalue weighted by Crippen LogP contribution is -2.28. The molecule has 0 fully saturated rings. The molecule has 10 heteroatoms. The Hall–Kier alpha value is -2.82. The number of halogens is 1. The van der Waals surface area contributed by atoms with Gasteiger partial charge in [0.15, 0.2) is 5.82 Å². The first-order valence-electron chi connectivity index (χ1n) is 10.9. The molecule has 1 aromatic heterocycles. The lowest BCUT2D eigenvalue weighted by molar-refractivity contribution is 0.0747. The molecule has 3 rings (SSSR count). The van der Waals surface area contributed by atoms with Crippen LogP contribution in [-0.2, 0) is 17.9 Å². The molecule has 9 nitrogen and oxygen atoms in total. The Morgan fingerprint density at radius 3 is 2.62 bits per heavy atom. The number of nitrogens with zero attached hydrogens (tertiary/aromatic N) is 2. The molecule has 0 amide bonds. The maximum atomic E-state index is 10.9. The van der Waals surface area contributed by atoms with Crippen molar-refractivity contribution < 1.29 is 24.4 Å². The van der Waals surface area contributed by atoms with Gasteiger partial charge in [0.2, 0.25) is 0 Å². The van der Waals surface area contributed by atoms with Gasteiger partial charge >= 0.3 is 0 Å². The lowest BCUT2D eigenvalue weighted by atomic mass is 10.2. The number of hydrogen-bond acceptors (Lipinski definition) is 8. The molecule has 1 unspecified atom stereocenters. The Balaban J connectivity index is 1.86. The molecular weight excluding hydrogens is 460 g/mol. The van der Waals surface area contributed by atoms with Crippen LogP contribution in [0.5, 0.6) is 11.8 Å². The number of imidazole rings is 1. The summed E-state index contributed by atoms with van der Waals surface area (Å²) < 4.78 is 18.5. The van der Waals surface area contributed by atoms with E-state index >= 15 is 0 Å². The van der Waals surface area contributed by atoms with Crippen LogP contribution < -0.4 is 20.1 Å². The number of aromatic nitrogens is 2. The minimum Gasteiger partial charge on any atom is -0.497 e. The predicted octanol–water partition coefficient (Wildman–Crippen LogP) is 2.80. The molecule has 0 saturated heterocycles. The van der Waals surface area contributed by atoms with E-state index in [-0.39, 0.29) is 19.8 Å². The summed E-state index contributed by atoms with van der Waals surface area (Å²) in [6, 6.07) is 15.4. The molecule has 4 N–H and O–H groups in total. The normalized spacial score (nSPS) is 11.9. The summed E-state index contributed by atoms with van der Waals surface area (Å²) in [6.45, 7) is 1.61. The summed E-state index contributed by atoms with van der Waals surface area (Å²) in [4.78, 5) is 4.59. The third-order valence-corrected chi connectivity index (χ3v) is 5.30. The fraction of sp³-hybridized carbons (Fsp3) is 0.375. The topological polar surface area (TPSA) is 110 Å². The zero-order valence-corrected chi connectivity index (χ0v) is 20.1. The number of hydrogen-bond donors (Lipinski definition) is 4. The zero-order chi connectivity index (χ0) is 24.3. The molecule has 0 spiro atoms. The molecule has 0 saturated carbocycles. The maximum absolute atomic E-state index is 10.9. The summed E-state index contributed by atoms with van der Waals surface area (Å²) in [7, 11) is 3.36. The van der Waals surface area contributed by atoms with Crippen LogP contribution >= 0.6 is 11.6 Å². The van der Waals surface area contributed by atoms with E-state index in [1.165, 1.54) is 0 Å². The fourth-order valence-corrected chi connectivity index (χ4v) is 3.51. The molecule has 0 radical (unpaired) electrons. The Morgan fingerprint density at radius 2 is 1.91 bits per heavy atom. The number of aliphatic hydroxyl groups excluding tert-OH is 2. The summed E-state index contributed by atoms with van der Waals surface area (Å²) in [5, 5.41) is 26.5. The van der Waals surface area contributed by atoms with Crippen LogP contribution in [0.25, 0.3) is 0 Å². The average molecular weight is 491 g/mol. The monoisotopic (exact) mass is 490 g/mol. The molecule has 3 aromatic rings. The van der Waals surface area contributed by atoms with Gasteiger partial charge in [0, 0.05) is 18.6 Å². The standard InChI is InChI=1S/C24H31ClN4O5/c1-26-22-21(23(31)27-10-12-33-13-11-30)29(15-17-6-8-19(25)9-7-17)24(28-22)34-16-18-4-3-5-20(14-18)32-2/h3-9,14,23,26-27,30-31H,10-13,15-16H2,1-2H3. The average Bonchev–Trinajstić information content (AvgIpc) is 3.21. The number of rotatable bonds is 14. The third-order valence-electron chi connectivity index (χ3n) is 5.04. The van der Waals surface area contributed by atoms with Crippen LogP contribution in [0.1, 0.15) is 23.0 Å². The second kappa shape index (κ2) is 13.2. The summed E-state index contributed by atoms with van der Waals surface area (Å²) in [5.74, 6) is 1.23. The highest BCUT2D eigenvalue weighted by molar-refractivity contribution is 6.30. The van der Waals surface area contributed by atoms with Crippen molar-refractivity contribution in [1.29, 1.82) is 0 Å². The van der Waals surface area contributed by atoms with Crippen LogP contribution in [0.3, 0.4) is 0 Å². The second-order valence-electron chi connectivity index (χ2n) is 7.42. The molecule has 2 aromatic carbocycles. The van der Waals surface area contributed by atoms with Gasteiger partial charge in [0.1, 0.15) is 24.3 Å². The van der Waals surface area contributed by atoms with Crippen molar-refractivity contribution >= 4 is 17.4 Å². The van der Waals surface area contributed by atoms with Crippen molar-refractivity contribution in [2.45, 2.75) is 19.4 Å². The number of anilines is 1. The van der Waals surface area contributed by atoms with Crippen LogP contribution in [0, 0.1) is 0 Å². The summed E-state index contributed by atoms with van der Waals surface area (Å²) >= 11 is 6.05. The van der Waals surface area contributed by atoms with Crippen molar-refractivity contribution in [1.82, 2.24) is 14.9 Å². The van der Waals surface area contributed by atoms with Gasteiger partial charge in [-0.05, 0) is 35.4 Å². The Bertz CT molecular complexity index is 1030. The van der Waals surface area contributed by atoms with Crippen molar-refractivity contribution in [2.75, 3.05) is 45.8 Å². The molecule has 34 heavy (non-hydrogen) atoms. The van der Waals surface area contributed by atoms with E-state index in [0.29, 0.717) is 42.2 Å². The van der Waals surface area contributed by atoms with E-state index in [4.69, 9.17) is 30.9 Å². The van der Waals surface area contributed by atoms with E-state index in [1.807, 2.05) is 53.1 Å². The summed E-state index contributed by atoms with van der Waals surface area (Å²) in [6.07, 6.45) is -1.03. The quantitative estimate of drug-likeness (QED) is 0.202. The largest absolute Gasteiger partial charge is 0.497 e. The fourth-order valence-electron chi connectivity index (χ4n) is 3.38. The maximum Gasteiger partial charge on any atom is 0.299 e.